The molecular formula is C14H12BrClOS. The summed E-state index contributed by atoms with van der Waals surface area (Å²) in [6, 6.07) is 10.3. The molecule has 1 aliphatic rings. The highest BCUT2D eigenvalue weighted by molar-refractivity contribution is 9.11. The van der Waals surface area contributed by atoms with Crippen LogP contribution in [0.15, 0.2) is 34.1 Å². The van der Waals surface area contributed by atoms with Crippen molar-refractivity contribution in [2.45, 2.75) is 24.8 Å². The Kier molecular flexibility index (Phi) is 3.39. The summed E-state index contributed by atoms with van der Waals surface area (Å²) < 4.78 is 7.08. The molecule has 3 rings (SSSR count). The molecule has 0 spiro atoms. The number of hydrogen-bond acceptors (Lipinski definition) is 2. The van der Waals surface area contributed by atoms with Crippen molar-refractivity contribution >= 4 is 38.9 Å². The second-order valence-corrected chi connectivity index (χ2v) is 7.35. The van der Waals surface area contributed by atoms with Crippen molar-refractivity contribution in [3.05, 3.63) is 50.1 Å². The van der Waals surface area contributed by atoms with Crippen LogP contribution in [-0.4, -0.2) is 6.10 Å². The number of fused-ring (bicyclic) bond motifs is 1. The molecule has 1 aromatic heterocycles. The number of alkyl halides is 1. The van der Waals surface area contributed by atoms with Crippen molar-refractivity contribution in [3.8, 4) is 5.75 Å². The predicted molar refractivity (Wildman–Crippen MR) is 79.9 cm³/mol. The lowest BCUT2D eigenvalue weighted by atomic mass is 10.1. The first kappa shape index (κ1) is 12.5. The fourth-order valence-electron chi connectivity index (χ4n) is 2.17. The van der Waals surface area contributed by atoms with E-state index in [9.17, 15) is 0 Å². The zero-order chi connectivity index (χ0) is 12.7. The molecule has 0 fully saturated rings. The molecule has 0 saturated heterocycles. The maximum absolute atomic E-state index is 6.55. The summed E-state index contributed by atoms with van der Waals surface area (Å²) in [5.74, 6) is 0.973. The van der Waals surface area contributed by atoms with Gasteiger partial charge in [-0.2, -0.15) is 0 Å². The number of benzene rings is 1. The minimum absolute atomic E-state index is 0.0361. The van der Waals surface area contributed by atoms with Gasteiger partial charge < -0.3 is 4.74 Å². The van der Waals surface area contributed by atoms with Gasteiger partial charge in [0.15, 0.2) is 0 Å². The van der Waals surface area contributed by atoms with Crippen LogP contribution in [0, 0.1) is 6.92 Å². The maximum Gasteiger partial charge on any atom is 0.124 e. The largest absolute Gasteiger partial charge is 0.488 e. The number of ether oxygens (including phenoxy) is 1. The summed E-state index contributed by atoms with van der Waals surface area (Å²) in [4.78, 5) is 1.17. The van der Waals surface area contributed by atoms with Gasteiger partial charge in [-0.25, -0.2) is 0 Å². The Bertz CT molecular complexity index is 536. The molecule has 18 heavy (non-hydrogen) atoms. The van der Waals surface area contributed by atoms with Crippen molar-refractivity contribution in [2.75, 3.05) is 0 Å². The van der Waals surface area contributed by atoms with E-state index in [-0.39, 0.29) is 11.5 Å². The zero-order valence-electron chi connectivity index (χ0n) is 9.82. The van der Waals surface area contributed by atoms with E-state index in [4.69, 9.17) is 16.3 Å². The Morgan fingerprint density at radius 3 is 2.89 bits per heavy atom. The maximum atomic E-state index is 6.55. The molecule has 2 aromatic rings. The standard InChI is InChI=1S/C14H12BrClOS/c1-8-6-12(18-14(8)15)13(16)11-7-9-4-2-3-5-10(9)17-11/h2-6,11,13H,7H2,1H3. The van der Waals surface area contributed by atoms with E-state index >= 15 is 0 Å². The van der Waals surface area contributed by atoms with Gasteiger partial charge in [-0.15, -0.1) is 22.9 Å². The second kappa shape index (κ2) is 4.87. The molecule has 4 heteroatoms. The highest BCUT2D eigenvalue weighted by Crippen LogP contribution is 2.41. The summed E-state index contributed by atoms with van der Waals surface area (Å²) in [5.41, 5.74) is 2.48. The quantitative estimate of drug-likeness (QED) is 0.689. The molecule has 1 nitrogen and oxygen atoms in total. The number of thiophene rings is 1. The minimum atomic E-state index is -0.0904. The normalized spacial score (nSPS) is 19.4. The Morgan fingerprint density at radius 1 is 1.44 bits per heavy atom. The number of hydrogen-bond donors (Lipinski definition) is 0. The predicted octanol–water partition coefficient (Wildman–Crippen LogP) is 5.10. The Labute approximate surface area is 124 Å². The van der Waals surface area contributed by atoms with Gasteiger partial charge in [0, 0.05) is 11.3 Å². The lowest BCUT2D eigenvalue weighted by molar-refractivity contribution is 0.228. The lowest BCUT2D eigenvalue weighted by Crippen LogP contribution is -2.18. The summed E-state index contributed by atoms with van der Waals surface area (Å²) >= 11 is 11.8. The third-order valence-corrected chi connectivity index (χ3v) is 6.01. The third-order valence-electron chi connectivity index (χ3n) is 3.15. The van der Waals surface area contributed by atoms with Crippen molar-refractivity contribution < 1.29 is 4.74 Å². The smallest absolute Gasteiger partial charge is 0.124 e. The number of rotatable bonds is 2. The van der Waals surface area contributed by atoms with E-state index in [0.717, 1.165) is 16.0 Å². The monoisotopic (exact) mass is 342 g/mol. The van der Waals surface area contributed by atoms with Crippen LogP contribution in [0.2, 0.25) is 0 Å². The van der Waals surface area contributed by atoms with Crippen LogP contribution in [0.4, 0.5) is 0 Å². The van der Waals surface area contributed by atoms with Gasteiger partial charge in [-0.1, -0.05) is 18.2 Å². The topological polar surface area (TPSA) is 9.23 Å². The molecule has 2 heterocycles. The van der Waals surface area contributed by atoms with Crippen LogP contribution in [-0.2, 0) is 6.42 Å². The van der Waals surface area contributed by atoms with E-state index < -0.39 is 0 Å². The van der Waals surface area contributed by atoms with E-state index in [1.165, 1.54) is 16.0 Å². The fraction of sp³-hybridized carbons (Fsp3) is 0.286. The van der Waals surface area contributed by atoms with Crippen LogP contribution in [0.1, 0.15) is 21.4 Å². The summed E-state index contributed by atoms with van der Waals surface area (Å²) in [5, 5.41) is -0.0904. The van der Waals surface area contributed by atoms with E-state index in [1.807, 2.05) is 18.2 Å². The molecule has 1 aliphatic heterocycles. The fourth-order valence-corrected chi connectivity index (χ4v) is 4.11. The zero-order valence-corrected chi connectivity index (χ0v) is 13.0. The molecule has 1 aromatic carbocycles. The van der Waals surface area contributed by atoms with Crippen LogP contribution in [0.5, 0.6) is 5.75 Å². The molecular weight excluding hydrogens is 332 g/mol. The Morgan fingerprint density at radius 2 is 2.22 bits per heavy atom. The molecule has 94 valence electrons. The van der Waals surface area contributed by atoms with Crippen LogP contribution < -0.4 is 4.74 Å². The van der Waals surface area contributed by atoms with Crippen molar-refractivity contribution in [2.24, 2.45) is 0 Å². The molecule has 0 saturated carbocycles. The molecule has 0 N–H and O–H groups in total. The molecule has 2 unspecified atom stereocenters. The lowest BCUT2D eigenvalue weighted by Gasteiger charge is -2.15. The van der Waals surface area contributed by atoms with Crippen LogP contribution in [0.25, 0.3) is 0 Å². The van der Waals surface area contributed by atoms with Crippen molar-refractivity contribution in [3.63, 3.8) is 0 Å². The average Bonchev–Trinajstić information content (AvgIpc) is 2.93. The van der Waals surface area contributed by atoms with E-state index in [1.54, 1.807) is 11.3 Å². The minimum Gasteiger partial charge on any atom is -0.488 e. The summed E-state index contributed by atoms with van der Waals surface area (Å²) in [7, 11) is 0. The molecule has 0 bridgehead atoms. The SMILES string of the molecule is Cc1cc(C(Cl)C2Cc3ccccc3O2)sc1Br. The molecule has 2 atom stereocenters. The first-order valence-electron chi connectivity index (χ1n) is 5.79. The second-order valence-electron chi connectivity index (χ2n) is 4.48. The first-order chi connectivity index (χ1) is 8.65. The highest BCUT2D eigenvalue weighted by Gasteiger charge is 2.31. The molecule has 0 amide bonds. The van der Waals surface area contributed by atoms with Gasteiger partial charge in [0.25, 0.3) is 0 Å². The van der Waals surface area contributed by atoms with Gasteiger partial charge in [-0.05, 0) is 46.1 Å². The van der Waals surface area contributed by atoms with Gasteiger partial charge in [-0.3, -0.25) is 0 Å². The third kappa shape index (κ3) is 2.20. The molecule has 0 radical (unpaired) electrons. The highest BCUT2D eigenvalue weighted by atomic mass is 79.9. The van der Waals surface area contributed by atoms with Gasteiger partial charge in [0.1, 0.15) is 17.2 Å². The van der Waals surface area contributed by atoms with Crippen LogP contribution >= 0.6 is 38.9 Å². The van der Waals surface area contributed by atoms with Gasteiger partial charge >= 0.3 is 0 Å². The average molecular weight is 344 g/mol. The van der Waals surface area contributed by atoms with Crippen LogP contribution in [0.3, 0.4) is 0 Å². The number of para-hydroxylation sites is 1. The summed E-state index contributed by atoms with van der Waals surface area (Å²) in [6.45, 7) is 2.08. The van der Waals surface area contributed by atoms with Crippen molar-refractivity contribution in [1.82, 2.24) is 0 Å². The van der Waals surface area contributed by atoms with Crippen molar-refractivity contribution in [1.29, 1.82) is 0 Å². The van der Waals surface area contributed by atoms with E-state index in [2.05, 4.69) is 35.0 Å². The van der Waals surface area contributed by atoms with E-state index in [0.29, 0.717) is 0 Å². The Balaban J connectivity index is 1.82. The van der Waals surface area contributed by atoms with Gasteiger partial charge in [0.2, 0.25) is 0 Å². The number of halogens is 2. The summed E-state index contributed by atoms with van der Waals surface area (Å²) in [6.07, 6.45) is 0.924. The van der Waals surface area contributed by atoms with Gasteiger partial charge in [0.05, 0.1) is 3.79 Å². The molecule has 0 aliphatic carbocycles. The number of aryl methyl sites for hydroxylation is 1. The Hall–Kier alpha value is -0.510. The first-order valence-corrected chi connectivity index (χ1v) is 7.84.